The number of rotatable bonds is 4. The first-order valence-corrected chi connectivity index (χ1v) is 8.03. The Kier molecular flexibility index (Phi) is 3.96. The fraction of sp³-hybridized carbons (Fsp3) is 0.500. The zero-order valence-electron chi connectivity index (χ0n) is 10.7. The van der Waals surface area contributed by atoms with E-state index in [0.29, 0.717) is 24.0 Å². The lowest BCUT2D eigenvalue weighted by atomic mass is 10.2. The Balaban J connectivity index is 1.73. The number of hydrogen-bond donors (Lipinski definition) is 2. The number of hydrogen-bond acceptors (Lipinski definition) is 6. The molecule has 11 heteroatoms. The van der Waals surface area contributed by atoms with E-state index >= 15 is 0 Å². The molecular formula is C10H12ClN4O5P. The second-order valence-corrected chi connectivity index (χ2v) is 6.16. The van der Waals surface area contributed by atoms with Gasteiger partial charge in [0.2, 0.25) is 0 Å². The van der Waals surface area contributed by atoms with Crippen molar-refractivity contribution in [3.63, 3.8) is 0 Å². The van der Waals surface area contributed by atoms with Crippen LogP contribution in [0.4, 0.5) is 0 Å². The van der Waals surface area contributed by atoms with Crippen molar-refractivity contribution in [2.24, 2.45) is 0 Å². The van der Waals surface area contributed by atoms with Gasteiger partial charge >= 0.3 is 7.82 Å². The highest BCUT2D eigenvalue weighted by molar-refractivity contribution is 7.46. The lowest BCUT2D eigenvalue weighted by molar-refractivity contribution is -0.0205. The Hall–Kier alpha value is -1.09. The van der Waals surface area contributed by atoms with Gasteiger partial charge in [0.15, 0.2) is 10.8 Å². The van der Waals surface area contributed by atoms with Crippen LogP contribution in [0.3, 0.4) is 0 Å². The molecule has 2 aromatic rings. The lowest BCUT2D eigenvalue weighted by Crippen LogP contribution is -2.16. The maximum atomic E-state index is 10.7. The van der Waals surface area contributed by atoms with Gasteiger partial charge in [0.1, 0.15) is 18.1 Å². The zero-order valence-corrected chi connectivity index (χ0v) is 12.3. The minimum atomic E-state index is -4.48. The van der Waals surface area contributed by atoms with Crippen LogP contribution in [0, 0.1) is 0 Å². The van der Waals surface area contributed by atoms with Gasteiger partial charge in [0, 0.05) is 0 Å². The zero-order chi connectivity index (χ0) is 15.0. The summed E-state index contributed by atoms with van der Waals surface area (Å²) in [6.45, 7) is -0.164. The van der Waals surface area contributed by atoms with Gasteiger partial charge in [-0.3, -0.25) is 9.09 Å². The maximum Gasteiger partial charge on any atom is 0.469 e. The number of fused-ring (bicyclic) bond motifs is 1. The summed E-state index contributed by atoms with van der Waals surface area (Å²) in [6, 6.07) is 0. The number of nitrogens with zero attached hydrogens (tertiary/aromatic N) is 4. The molecule has 1 saturated heterocycles. The van der Waals surface area contributed by atoms with Gasteiger partial charge in [-0.05, 0) is 12.8 Å². The summed E-state index contributed by atoms with van der Waals surface area (Å²) >= 11 is 5.93. The first-order valence-electron chi connectivity index (χ1n) is 6.12. The van der Waals surface area contributed by atoms with Crippen LogP contribution in [-0.4, -0.2) is 42.0 Å². The second kappa shape index (κ2) is 5.60. The summed E-state index contributed by atoms with van der Waals surface area (Å²) in [6.07, 6.45) is 3.45. The highest BCUT2D eigenvalue weighted by atomic mass is 35.5. The molecule has 0 unspecified atom stereocenters. The van der Waals surface area contributed by atoms with E-state index in [1.54, 1.807) is 10.9 Å². The molecule has 1 aliphatic rings. The summed E-state index contributed by atoms with van der Waals surface area (Å²) in [7, 11) is -4.48. The predicted octanol–water partition coefficient (Wildman–Crippen LogP) is 1.27. The normalized spacial score (nSPS) is 23.0. The Morgan fingerprint density at radius 1 is 1.43 bits per heavy atom. The smallest absolute Gasteiger partial charge is 0.352 e. The number of imidazole rings is 1. The number of phosphoric acid groups is 1. The number of phosphoric ester groups is 1. The molecule has 0 aliphatic carbocycles. The van der Waals surface area contributed by atoms with E-state index in [2.05, 4.69) is 19.5 Å². The van der Waals surface area contributed by atoms with Crippen molar-refractivity contribution in [2.75, 3.05) is 6.61 Å². The Morgan fingerprint density at radius 3 is 3.00 bits per heavy atom. The van der Waals surface area contributed by atoms with E-state index in [1.807, 2.05) is 0 Å². The van der Waals surface area contributed by atoms with Crippen LogP contribution < -0.4 is 0 Å². The third-order valence-corrected chi connectivity index (χ3v) is 3.90. The van der Waals surface area contributed by atoms with Crippen molar-refractivity contribution >= 4 is 30.6 Å². The topological polar surface area (TPSA) is 120 Å². The molecule has 0 aromatic carbocycles. The van der Waals surface area contributed by atoms with Crippen molar-refractivity contribution in [1.82, 2.24) is 19.5 Å². The minimum absolute atomic E-state index is 0.164. The molecule has 0 radical (unpaired) electrons. The van der Waals surface area contributed by atoms with Gasteiger partial charge in [-0.25, -0.2) is 19.5 Å². The quantitative estimate of drug-likeness (QED) is 0.633. The average molecular weight is 335 g/mol. The molecular weight excluding hydrogens is 323 g/mol. The average Bonchev–Trinajstić information content (AvgIpc) is 3.02. The SMILES string of the molecule is O=P(O)(O)OC[C@@H]1CC[C@H](n2cnc3c(Cl)ncnc32)O1. The number of aromatic nitrogens is 4. The van der Waals surface area contributed by atoms with Gasteiger partial charge in [0.25, 0.3) is 0 Å². The molecule has 1 aliphatic heterocycles. The first kappa shape index (κ1) is 14.8. The van der Waals surface area contributed by atoms with Crippen LogP contribution in [-0.2, 0) is 13.8 Å². The summed E-state index contributed by atoms with van der Waals surface area (Å²) < 4.78 is 22.6. The van der Waals surface area contributed by atoms with E-state index < -0.39 is 13.9 Å². The fourth-order valence-corrected chi connectivity index (χ4v) is 2.77. The third-order valence-electron chi connectivity index (χ3n) is 3.14. The Labute approximate surface area is 124 Å². The third kappa shape index (κ3) is 3.23. The van der Waals surface area contributed by atoms with Crippen molar-refractivity contribution < 1.29 is 23.6 Å². The van der Waals surface area contributed by atoms with Gasteiger partial charge in [0.05, 0.1) is 19.0 Å². The lowest BCUT2D eigenvalue weighted by Gasteiger charge is -2.15. The van der Waals surface area contributed by atoms with Crippen LogP contribution in [0.5, 0.6) is 0 Å². The summed E-state index contributed by atoms with van der Waals surface area (Å²) in [4.78, 5) is 29.5. The maximum absolute atomic E-state index is 10.7. The summed E-state index contributed by atoms with van der Waals surface area (Å²) in [5.74, 6) is 0. The molecule has 0 saturated carbocycles. The molecule has 3 rings (SSSR count). The van der Waals surface area contributed by atoms with Crippen LogP contribution in [0.2, 0.25) is 5.15 Å². The fourth-order valence-electron chi connectivity index (χ4n) is 2.23. The van der Waals surface area contributed by atoms with Crippen molar-refractivity contribution in [3.8, 4) is 0 Å². The van der Waals surface area contributed by atoms with E-state index in [0.717, 1.165) is 0 Å². The van der Waals surface area contributed by atoms with Crippen LogP contribution in [0.25, 0.3) is 11.2 Å². The number of ether oxygens (including phenoxy) is 1. The molecule has 1 fully saturated rings. The highest BCUT2D eigenvalue weighted by Gasteiger charge is 2.30. The van der Waals surface area contributed by atoms with Gasteiger partial charge in [-0.2, -0.15) is 0 Å². The molecule has 3 heterocycles. The van der Waals surface area contributed by atoms with E-state index in [4.69, 9.17) is 26.1 Å². The first-order chi connectivity index (χ1) is 9.94. The molecule has 2 N–H and O–H groups in total. The van der Waals surface area contributed by atoms with Gasteiger partial charge in [-0.15, -0.1) is 0 Å². The molecule has 2 atom stereocenters. The molecule has 114 valence electrons. The second-order valence-electron chi connectivity index (χ2n) is 4.56. The van der Waals surface area contributed by atoms with Crippen molar-refractivity contribution in [2.45, 2.75) is 25.2 Å². The van der Waals surface area contributed by atoms with E-state index in [-0.39, 0.29) is 18.0 Å². The number of halogens is 1. The van der Waals surface area contributed by atoms with Crippen molar-refractivity contribution in [1.29, 1.82) is 0 Å². The molecule has 9 nitrogen and oxygen atoms in total. The summed E-state index contributed by atoms with van der Waals surface area (Å²) in [5.41, 5.74) is 1.04. The summed E-state index contributed by atoms with van der Waals surface area (Å²) in [5, 5.41) is 0.262. The standard InChI is InChI=1S/C10H12ClN4O5P/c11-9-8-10(13-4-12-9)15(5-14-8)7-2-1-6(20-7)3-19-21(16,17)18/h4-7H,1-3H2,(H2,16,17,18)/t6-,7+/m0/s1. The van der Waals surface area contributed by atoms with Crippen molar-refractivity contribution in [3.05, 3.63) is 17.8 Å². The predicted molar refractivity (Wildman–Crippen MR) is 71.5 cm³/mol. The van der Waals surface area contributed by atoms with Crippen LogP contribution >= 0.6 is 19.4 Å². The Morgan fingerprint density at radius 2 is 2.24 bits per heavy atom. The monoisotopic (exact) mass is 334 g/mol. The van der Waals surface area contributed by atoms with Crippen LogP contribution in [0.15, 0.2) is 12.7 Å². The molecule has 0 amide bonds. The van der Waals surface area contributed by atoms with Gasteiger partial charge < -0.3 is 14.5 Å². The molecule has 2 aromatic heterocycles. The Bertz CT molecular complexity index is 704. The van der Waals surface area contributed by atoms with E-state index in [1.165, 1.54) is 6.33 Å². The molecule has 0 bridgehead atoms. The van der Waals surface area contributed by atoms with E-state index in [9.17, 15) is 4.57 Å². The van der Waals surface area contributed by atoms with Gasteiger partial charge in [-0.1, -0.05) is 11.6 Å². The highest BCUT2D eigenvalue weighted by Crippen LogP contribution is 2.38. The minimum Gasteiger partial charge on any atom is -0.352 e. The molecule has 21 heavy (non-hydrogen) atoms. The largest absolute Gasteiger partial charge is 0.469 e. The van der Waals surface area contributed by atoms with Crippen LogP contribution in [0.1, 0.15) is 19.1 Å². The molecule has 0 spiro atoms.